The van der Waals surface area contributed by atoms with E-state index in [9.17, 15) is 14.4 Å². The molecule has 0 saturated heterocycles. The molecule has 3 aromatic rings. The molecule has 0 aliphatic carbocycles. The van der Waals surface area contributed by atoms with Gasteiger partial charge in [0.15, 0.2) is 0 Å². The molecule has 1 N–H and O–H groups in total. The van der Waals surface area contributed by atoms with Gasteiger partial charge in [-0.1, -0.05) is 30.3 Å². The van der Waals surface area contributed by atoms with Crippen molar-refractivity contribution in [3.05, 3.63) is 65.9 Å². The molecule has 0 unspecified atom stereocenters. The summed E-state index contributed by atoms with van der Waals surface area (Å²) in [6.45, 7) is 5.46. The highest BCUT2D eigenvalue weighted by atomic mass is 16.6. The summed E-state index contributed by atoms with van der Waals surface area (Å²) in [6.07, 6.45) is -0.0801. The van der Waals surface area contributed by atoms with Crippen molar-refractivity contribution in [3.63, 3.8) is 0 Å². The number of carbonyl (C=O) groups is 3. The van der Waals surface area contributed by atoms with E-state index in [2.05, 4.69) is 5.32 Å². The van der Waals surface area contributed by atoms with Crippen LogP contribution in [-0.4, -0.2) is 59.2 Å². The monoisotopic (exact) mass is 463 g/mol. The molecule has 2 aromatic carbocycles. The number of hydrogen-bond donors (Lipinski definition) is 1. The molecular formula is C26H29N3O5. The highest BCUT2D eigenvalue weighted by Crippen LogP contribution is 2.27. The van der Waals surface area contributed by atoms with Gasteiger partial charge in [0.2, 0.25) is 0 Å². The van der Waals surface area contributed by atoms with E-state index in [4.69, 9.17) is 9.47 Å². The van der Waals surface area contributed by atoms with E-state index in [0.717, 1.165) is 10.9 Å². The summed E-state index contributed by atoms with van der Waals surface area (Å²) in [5, 5.41) is 3.64. The lowest BCUT2D eigenvalue weighted by molar-refractivity contribution is 0.0469. The first kappa shape index (κ1) is 23.4. The number of methoxy groups -OCH3 is 1. The van der Waals surface area contributed by atoms with Crippen LogP contribution in [0.5, 0.6) is 5.75 Å². The number of aromatic nitrogens is 1. The van der Waals surface area contributed by atoms with Crippen molar-refractivity contribution in [3.8, 4) is 5.75 Å². The molecule has 34 heavy (non-hydrogen) atoms. The number of carbonyl (C=O) groups excluding carboxylic acids is 3. The van der Waals surface area contributed by atoms with Crippen LogP contribution in [0.15, 0.2) is 54.6 Å². The van der Waals surface area contributed by atoms with Crippen molar-refractivity contribution in [1.82, 2.24) is 14.8 Å². The normalized spacial score (nSPS) is 14.6. The number of nitrogens with zero attached hydrogens (tertiary/aromatic N) is 2. The number of benzene rings is 2. The van der Waals surface area contributed by atoms with Crippen molar-refractivity contribution >= 4 is 28.8 Å². The number of ether oxygens (including phenoxy) is 2. The minimum Gasteiger partial charge on any atom is -0.497 e. The van der Waals surface area contributed by atoms with Crippen LogP contribution in [0.4, 0.5) is 4.79 Å². The second-order valence-corrected chi connectivity index (χ2v) is 9.40. The number of amides is 2. The Kier molecular flexibility index (Phi) is 6.32. The minimum absolute atomic E-state index is 0.0804. The molecule has 2 amide bonds. The zero-order chi connectivity index (χ0) is 24.5. The fraction of sp³-hybridized carbons (Fsp3) is 0.346. The summed E-state index contributed by atoms with van der Waals surface area (Å²) in [5.74, 6) is 0.181. The van der Waals surface area contributed by atoms with Gasteiger partial charge < -0.3 is 19.7 Å². The Morgan fingerprint density at radius 3 is 2.50 bits per heavy atom. The molecule has 8 heteroatoms. The van der Waals surface area contributed by atoms with Crippen LogP contribution < -0.4 is 10.1 Å². The molecule has 1 atom stereocenters. The molecule has 1 aliphatic rings. The predicted octanol–water partition coefficient (Wildman–Crippen LogP) is 3.88. The molecule has 0 spiro atoms. The highest BCUT2D eigenvalue weighted by molar-refractivity contribution is 6.09. The molecule has 0 bridgehead atoms. The lowest BCUT2D eigenvalue weighted by Crippen LogP contribution is -2.52. The quantitative estimate of drug-likeness (QED) is 0.599. The summed E-state index contributed by atoms with van der Waals surface area (Å²) in [6, 6.07) is 16.3. The fourth-order valence-electron chi connectivity index (χ4n) is 4.16. The van der Waals surface area contributed by atoms with E-state index in [1.54, 1.807) is 52.1 Å². The van der Waals surface area contributed by atoms with Crippen molar-refractivity contribution in [2.45, 2.75) is 38.8 Å². The lowest BCUT2D eigenvalue weighted by Gasteiger charge is -2.31. The second-order valence-electron chi connectivity index (χ2n) is 9.40. The smallest absolute Gasteiger partial charge is 0.407 e. The molecule has 1 aliphatic heterocycles. The zero-order valence-corrected chi connectivity index (χ0v) is 19.8. The third kappa shape index (κ3) is 5.06. The maximum Gasteiger partial charge on any atom is 0.407 e. The topological polar surface area (TPSA) is 89.9 Å². The fourth-order valence-corrected chi connectivity index (χ4v) is 4.16. The molecule has 0 fully saturated rings. The van der Waals surface area contributed by atoms with Gasteiger partial charge in [-0.05, 0) is 57.0 Å². The first-order valence-electron chi connectivity index (χ1n) is 11.2. The summed E-state index contributed by atoms with van der Waals surface area (Å²) in [4.78, 5) is 40.4. The Balaban J connectivity index is 1.59. The SMILES string of the molecule is COc1ccc2c(c1)cc1n2C(=O)CN(C[C@H](Cc2ccccc2)NC(=O)OC(C)(C)C)C1=O. The van der Waals surface area contributed by atoms with E-state index in [1.165, 1.54) is 9.47 Å². The Bertz CT molecular complexity index is 1230. The summed E-state index contributed by atoms with van der Waals surface area (Å²) in [5.41, 5.74) is 1.32. The third-order valence-corrected chi connectivity index (χ3v) is 5.58. The Morgan fingerprint density at radius 2 is 1.82 bits per heavy atom. The molecule has 8 nitrogen and oxygen atoms in total. The van der Waals surface area contributed by atoms with E-state index in [1.807, 2.05) is 30.3 Å². The average molecular weight is 464 g/mol. The number of fused-ring (bicyclic) bond motifs is 3. The third-order valence-electron chi connectivity index (χ3n) is 5.58. The summed E-state index contributed by atoms with van der Waals surface area (Å²) in [7, 11) is 1.57. The van der Waals surface area contributed by atoms with Crippen LogP contribution in [0.3, 0.4) is 0 Å². The first-order chi connectivity index (χ1) is 16.1. The second kappa shape index (κ2) is 9.21. The van der Waals surface area contributed by atoms with Crippen molar-refractivity contribution in [2.24, 2.45) is 0 Å². The molecule has 0 radical (unpaired) electrons. The Labute approximate surface area is 198 Å². The van der Waals surface area contributed by atoms with Gasteiger partial charge in [-0.3, -0.25) is 14.2 Å². The molecular weight excluding hydrogens is 434 g/mol. The largest absolute Gasteiger partial charge is 0.497 e. The lowest BCUT2D eigenvalue weighted by atomic mass is 10.0. The number of hydrogen-bond acceptors (Lipinski definition) is 5. The Morgan fingerprint density at radius 1 is 1.09 bits per heavy atom. The van der Waals surface area contributed by atoms with Gasteiger partial charge in [-0.25, -0.2) is 4.79 Å². The summed E-state index contributed by atoms with van der Waals surface area (Å²) >= 11 is 0. The van der Waals surface area contributed by atoms with E-state index in [-0.39, 0.29) is 24.9 Å². The maximum absolute atomic E-state index is 13.4. The number of rotatable bonds is 6. The van der Waals surface area contributed by atoms with Crippen LogP contribution >= 0.6 is 0 Å². The standard InChI is InChI=1S/C26H29N3O5/c1-26(2,3)34-25(32)27-19(12-17-8-6-5-7-9-17)15-28-16-23(30)29-21-11-10-20(33-4)13-18(21)14-22(29)24(28)31/h5-11,13-14,19H,12,15-16H2,1-4H3,(H,27,32)/t19-/m0/s1. The Hall–Kier alpha value is -3.81. The first-order valence-corrected chi connectivity index (χ1v) is 11.2. The molecule has 2 heterocycles. The van der Waals surface area contributed by atoms with E-state index in [0.29, 0.717) is 23.4 Å². The van der Waals surface area contributed by atoms with Crippen molar-refractivity contribution < 1.29 is 23.9 Å². The van der Waals surface area contributed by atoms with E-state index < -0.39 is 17.7 Å². The maximum atomic E-state index is 13.4. The van der Waals surface area contributed by atoms with Crippen LogP contribution in [0.25, 0.3) is 10.9 Å². The van der Waals surface area contributed by atoms with Gasteiger partial charge >= 0.3 is 6.09 Å². The number of alkyl carbamates (subject to hydrolysis) is 1. The average Bonchev–Trinajstić information content (AvgIpc) is 3.16. The summed E-state index contributed by atoms with van der Waals surface area (Å²) < 4.78 is 12.2. The molecule has 178 valence electrons. The van der Waals surface area contributed by atoms with Crippen molar-refractivity contribution in [1.29, 1.82) is 0 Å². The molecule has 0 saturated carbocycles. The molecule has 4 rings (SSSR count). The van der Waals surface area contributed by atoms with Crippen LogP contribution in [0, 0.1) is 0 Å². The van der Waals surface area contributed by atoms with Gasteiger partial charge in [-0.2, -0.15) is 0 Å². The van der Waals surface area contributed by atoms with E-state index >= 15 is 0 Å². The van der Waals surface area contributed by atoms with Gasteiger partial charge in [-0.15, -0.1) is 0 Å². The molecule has 1 aromatic heterocycles. The highest BCUT2D eigenvalue weighted by Gasteiger charge is 2.33. The minimum atomic E-state index is -0.652. The van der Waals surface area contributed by atoms with Crippen LogP contribution in [0.2, 0.25) is 0 Å². The number of nitrogens with one attached hydrogen (secondary N) is 1. The van der Waals surface area contributed by atoms with Crippen LogP contribution in [0.1, 0.15) is 41.6 Å². The van der Waals surface area contributed by atoms with Gasteiger partial charge in [0, 0.05) is 11.9 Å². The van der Waals surface area contributed by atoms with Gasteiger partial charge in [0.05, 0.1) is 18.7 Å². The van der Waals surface area contributed by atoms with Crippen LogP contribution in [-0.2, 0) is 11.2 Å². The van der Waals surface area contributed by atoms with Crippen molar-refractivity contribution in [2.75, 3.05) is 20.2 Å². The predicted molar refractivity (Wildman–Crippen MR) is 128 cm³/mol. The van der Waals surface area contributed by atoms with Gasteiger partial charge in [0.1, 0.15) is 23.6 Å². The van der Waals surface area contributed by atoms with Gasteiger partial charge in [0.25, 0.3) is 11.8 Å². The zero-order valence-electron chi connectivity index (χ0n) is 19.8.